The van der Waals surface area contributed by atoms with E-state index in [4.69, 9.17) is 10.5 Å². The van der Waals surface area contributed by atoms with Crippen LogP contribution in [0.4, 0.5) is 10.5 Å². The molecule has 4 N–H and O–H groups in total. The summed E-state index contributed by atoms with van der Waals surface area (Å²) in [6.45, 7) is 5.82. The van der Waals surface area contributed by atoms with Crippen molar-refractivity contribution in [3.8, 4) is 0 Å². The molecule has 0 saturated carbocycles. The second-order valence-electron chi connectivity index (χ2n) is 4.35. The van der Waals surface area contributed by atoms with Crippen molar-refractivity contribution in [2.75, 3.05) is 25.1 Å². The summed E-state index contributed by atoms with van der Waals surface area (Å²) in [4.78, 5) is 11.6. The predicted molar refractivity (Wildman–Crippen MR) is 77.2 cm³/mol. The van der Waals surface area contributed by atoms with Crippen LogP contribution in [0.15, 0.2) is 24.3 Å². The zero-order chi connectivity index (χ0) is 14.1. The summed E-state index contributed by atoms with van der Waals surface area (Å²) in [5.74, 6) is 0. The van der Waals surface area contributed by atoms with Crippen molar-refractivity contribution in [1.29, 1.82) is 0 Å². The number of amides is 2. The molecule has 106 valence electrons. The average molecular weight is 265 g/mol. The van der Waals surface area contributed by atoms with E-state index in [1.807, 2.05) is 38.1 Å². The molecule has 0 aliphatic heterocycles. The molecule has 0 aliphatic rings. The second kappa shape index (κ2) is 8.50. The SMILES string of the molecule is CCOCCCNC(=O)Nc1cccc(C(C)N)c1. The summed E-state index contributed by atoms with van der Waals surface area (Å²) < 4.78 is 5.19. The third-order valence-electron chi connectivity index (χ3n) is 2.63. The Hall–Kier alpha value is -1.59. The van der Waals surface area contributed by atoms with Crippen LogP contribution in [0.5, 0.6) is 0 Å². The summed E-state index contributed by atoms with van der Waals surface area (Å²) in [6.07, 6.45) is 0.807. The minimum absolute atomic E-state index is 0.0454. The van der Waals surface area contributed by atoms with Gasteiger partial charge in [0, 0.05) is 31.5 Å². The molecule has 0 aliphatic carbocycles. The lowest BCUT2D eigenvalue weighted by Crippen LogP contribution is -2.30. The van der Waals surface area contributed by atoms with Crippen molar-refractivity contribution in [1.82, 2.24) is 5.32 Å². The van der Waals surface area contributed by atoms with Gasteiger partial charge in [0.1, 0.15) is 0 Å². The van der Waals surface area contributed by atoms with Crippen LogP contribution in [-0.2, 0) is 4.74 Å². The first-order valence-corrected chi connectivity index (χ1v) is 6.61. The zero-order valence-electron chi connectivity index (χ0n) is 11.6. The standard InChI is InChI=1S/C14H23N3O2/c1-3-19-9-5-8-16-14(18)17-13-7-4-6-12(10-13)11(2)15/h4,6-7,10-11H,3,5,8-9,15H2,1-2H3,(H2,16,17,18). The fraction of sp³-hybridized carbons (Fsp3) is 0.500. The first-order chi connectivity index (χ1) is 9.13. The number of nitrogens with one attached hydrogen (secondary N) is 2. The molecule has 0 saturated heterocycles. The number of carbonyl (C=O) groups excluding carboxylic acids is 1. The van der Waals surface area contributed by atoms with Gasteiger partial charge in [-0.2, -0.15) is 0 Å². The van der Waals surface area contributed by atoms with E-state index in [9.17, 15) is 4.79 Å². The van der Waals surface area contributed by atoms with E-state index >= 15 is 0 Å². The lowest BCUT2D eigenvalue weighted by Gasteiger charge is -2.10. The number of hydrogen-bond acceptors (Lipinski definition) is 3. The van der Waals surface area contributed by atoms with Crippen LogP contribution >= 0.6 is 0 Å². The number of benzene rings is 1. The highest BCUT2D eigenvalue weighted by molar-refractivity contribution is 5.89. The van der Waals surface area contributed by atoms with Crippen molar-refractivity contribution in [2.45, 2.75) is 26.3 Å². The summed E-state index contributed by atoms with van der Waals surface area (Å²) in [6, 6.07) is 7.28. The molecule has 0 bridgehead atoms. The Bertz CT molecular complexity index is 394. The molecule has 0 heterocycles. The van der Waals surface area contributed by atoms with Gasteiger partial charge >= 0.3 is 6.03 Å². The van der Waals surface area contributed by atoms with E-state index in [2.05, 4.69) is 10.6 Å². The Balaban J connectivity index is 2.33. The van der Waals surface area contributed by atoms with Crippen LogP contribution in [0.1, 0.15) is 31.9 Å². The van der Waals surface area contributed by atoms with Crippen molar-refractivity contribution < 1.29 is 9.53 Å². The van der Waals surface area contributed by atoms with E-state index in [0.29, 0.717) is 19.8 Å². The Morgan fingerprint density at radius 2 is 2.26 bits per heavy atom. The molecule has 1 aromatic rings. The van der Waals surface area contributed by atoms with Gasteiger partial charge in [-0.25, -0.2) is 4.79 Å². The average Bonchev–Trinajstić information content (AvgIpc) is 2.38. The molecule has 0 spiro atoms. The number of nitrogens with two attached hydrogens (primary N) is 1. The van der Waals surface area contributed by atoms with E-state index in [0.717, 1.165) is 17.7 Å². The zero-order valence-corrected chi connectivity index (χ0v) is 11.6. The molecule has 19 heavy (non-hydrogen) atoms. The monoisotopic (exact) mass is 265 g/mol. The first-order valence-electron chi connectivity index (χ1n) is 6.61. The van der Waals surface area contributed by atoms with Crippen molar-refractivity contribution >= 4 is 11.7 Å². The largest absolute Gasteiger partial charge is 0.382 e. The minimum atomic E-state index is -0.210. The molecule has 0 aromatic heterocycles. The smallest absolute Gasteiger partial charge is 0.319 e. The summed E-state index contributed by atoms with van der Waals surface area (Å²) in [5, 5.41) is 5.56. The van der Waals surface area contributed by atoms with Gasteiger partial charge in [-0.3, -0.25) is 0 Å². The fourth-order valence-corrected chi connectivity index (χ4v) is 1.60. The first kappa shape index (κ1) is 15.5. The molecule has 5 nitrogen and oxygen atoms in total. The van der Waals surface area contributed by atoms with Gasteiger partial charge < -0.3 is 21.1 Å². The molecule has 1 atom stereocenters. The van der Waals surface area contributed by atoms with E-state index < -0.39 is 0 Å². The van der Waals surface area contributed by atoms with E-state index in [-0.39, 0.29) is 12.1 Å². The Morgan fingerprint density at radius 3 is 2.95 bits per heavy atom. The number of carbonyl (C=O) groups is 1. The molecule has 1 rings (SSSR count). The molecule has 1 aromatic carbocycles. The molecular formula is C14H23N3O2. The molecule has 2 amide bonds. The normalized spacial score (nSPS) is 11.9. The van der Waals surface area contributed by atoms with Gasteiger partial charge in [-0.1, -0.05) is 12.1 Å². The van der Waals surface area contributed by atoms with E-state index in [1.165, 1.54) is 0 Å². The second-order valence-corrected chi connectivity index (χ2v) is 4.35. The van der Waals surface area contributed by atoms with Crippen LogP contribution in [0, 0.1) is 0 Å². The Morgan fingerprint density at radius 1 is 1.47 bits per heavy atom. The van der Waals surface area contributed by atoms with Crippen molar-refractivity contribution in [3.63, 3.8) is 0 Å². The summed E-state index contributed by atoms with van der Waals surface area (Å²) >= 11 is 0. The lowest BCUT2D eigenvalue weighted by molar-refractivity contribution is 0.145. The number of urea groups is 1. The fourth-order valence-electron chi connectivity index (χ4n) is 1.60. The molecular weight excluding hydrogens is 242 g/mol. The third-order valence-corrected chi connectivity index (χ3v) is 2.63. The molecule has 0 radical (unpaired) electrons. The Labute approximate surface area is 114 Å². The van der Waals surface area contributed by atoms with Crippen molar-refractivity contribution in [3.05, 3.63) is 29.8 Å². The number of hydrogen-bond donors (Lipinski definition) is 3. The minimum Gasteiger partial charge on any atom is -0.382 e. The highest BCUT2D eigenvalue weighted by atomic mass is 16.5. The third kappa shape index (κ3) is 6.22. The molecule has 0 fully saturated rings. The van der Waals surface area contributed by atoms with Gasteiger partial charge in [-0.15, -0.1) is 0 Å². The maximum absolute atomic E-state index is 11.6. The van der Waals surface area contributed by atoms with Crippen molar-refractivity contribution in [2.24, 2.45) is 5.73 Å². The quantitative estimate of drug-likeness (QED) is 0.662. The summed E-state index contributed by atoms with van der Waals surface area (Å²) in [5.41, 5.74) is 7.54. The van der Waals surface area contributed by atoms with Gasteiger partial charge in [-0.05, 0) is 38.0 Å². The maximum atomic E-state index is 11.6. The number of ether oxygens (including phenoxy) is 1. The van der Waals surface area contributed by atoms with Crippen LogP contribution < -0.4 is 16.4 Å². The van der Waals surface area contributed by atoms with Crippen LogP contribution in [0.25, 0.3) is 0 Å². The van der Waals surface area contributed by atoms with Crippen LogP contribution in [-0.4, -0.2) is 25.8 Å². The molecule has 5 heteroatoms. The van der Waals surface area contributed by atoms with Gasteiger partial charge in [0.05, 0.1) is 0 Å². The van der Waals surface area contributed by atoms with Gasteiger partial charge in [0.2, 0.25) is 0 Å². The highest BCUT2D eigenvalue weighted by Crippen LogP contribution is 2.15. The van der Waals surface area contributed by atoms with Gasteiger partial charge in [0.25, 0.3) is 0 Å². The van der Waals surface area contributed by atoms with Crippen LogP contribution in [0.2, 0.25) is 0 Å². The van der Waals surface area contributed by atoms with Gasteiger partial charge in [0.15, 0.2) is 0 Å². The number of anilines is 1. The Kier molecular flexibility index (Phi) is 6.92. The maximum Gasteiger partial charge on any atom is 0.319 e. The summed E-state index contributed by atoms with van der Waals surface area (Å²) in [7, 11) is 0. The lowest BCUT2D eigenvalue weighted by atomic mass is 10.1. The predicted octanol–water partition coefficient (Wildman–Crippen LogP) is 2.25. The highest BCUT2D eigenvalue weighted by Gasteiger charge is 2.03. The number of rotatable bonds is 7. The van der Waals surface area contributed by atoms with Crippen LogP contribution in [0.3, 0.4) is 0 Å². The van der Waals surface area contributed by atoms with E-state index in [1.54, 1.807) is 0 Å². The topological polar surface area (TPSA) is 76.4 Å². The molecule has 1 unspecified atom stereocenters.